The number of Topliss-reactive ketones (excluding diaryl/α,β-unsaturated/α-hetero) is 1. The second-order valence-electron chi connectivity index (χ2n) is 11.9. The number of ketones is 1. The molecule has 4 aliphatic rings. The van der Waals surface area contributed by atoms with E-state index in [0.717, 1.165) is 12.0 Å². The number of hydrogen-bond acceptors (Lipinski definition) is 3. The summed E-state index contributed by atoms with van der Waals surface area (Å²) >= 11 is 0. The Labute approximate surface area is 169 Å². The first-order valence-corrected chi connectivity index (χ1v) is 11.3. The van der Waals surface area contributed by atoms with Crippen LogP contribution in [0.1, 0.15) is 95.5 Å². The van der Waals surface area contributed by atoms with Gasteiger partial charge in [0.25, 0.3) is 0 Å². The van der Waals surface area contributed by atoms with Crippen LogP contribution in [-0.4, -0.2) is 17.0 Å². The van der Waals surface area contributed by atoms with Crippen LogP contribution in [-0.2, 0) is 5.41 Å². The fourth-order valence-corrected chi connectivity index (χ4v) is 9.07. The SMILES string of the molecule is CC1(C)CCCC2(C)C1CCC1(C)C2CC(O)C2(C)c3cocc3C(=O)CC12. The van der Waals surface area contributed by atoms with Gasteiger partial charge >= 0.3 is 0 Å². The topological polar surface area (TPSA) is 50.4 Å². The highest BCUT2D eigenvalue weighted by atomic mass is 16.3. The molecule has 0 spiro atoms. The predicted molar refractivity (Wildman–Crippen MR) is 109 cm³/mol. The molecule has 3 nitrogen and oxygen atoms in total. The molecule has 0 amide bonds. The minimum absolute atomic E-state index is 0.0945. The number of furan rings is 1. The summed E-state index contributed by atoms with van der Waals surface area (Å²) in [6.45, 7) is 12.1. The third-order valence-electron chi connectivity index (χ3n) is 10.4. The maximum atomic E-state index is 13.0. The van der Waals surface area contributed by atoms with Crippen molar-refractivity contribution in [3.05, 3.63) is 23.7 Å². The van der Waals surface area contributed by atoms with Gasteiger partial charge in [0.1, 0.15) is 6.26 Å². The Hall–Kier alpha value is -1.09. The van der Waals surface area contributed by atoms with Crippen LogP contribution in [0.5, 0.6) is 0 Å². The Bertz CT molecular complexity index is 822. The van der Waals surface area contributed by atoms with Crippen molar-refractivity contribution >= 4 is 5.78 Å². The van der Waals surface area contributed by atoms with Crippen LogP contribution in [0.2, 0.25) is 0 Å². The van der Waals surface area contributed by atoms with Gasteiger partial charge in [-0.05, 0) is 66.1 Å². The fraction of sp³-hybridized carbons (Fsp3) is 0.800. The second-order valence-corrected chi connectivity index (χ2v) is 11.9. The van der Waals surface area contributed by atoms with Crippen LogP contribution in [0.4, 0.5) is 0 Å². The Morgan fingerprint density at radius 1 is 0.964 bits per heavy atom. The minimum atomic E-state index is -0.416. The van der Waals surface area contributed by atoms with Crippen molar-refractivity contribution in [2.24, 2.45) is 34.0 Å². The first-order valence-electron chi connectivity index (χ1n) is 11.3. The smallest absolute Gasteiger partial charge is 0.166 e. The number of rotatable bonds is 0. The lowest BCUT2D eigenvalue weighted by molar-refractivity contribution is -0.204. The Morgan fingerprint density at radius 2 is 1.68 bits per heavy atom. The lowest BCUT2D eigenvalue weighted by Crippen LogP contribution is -2.66. The number of fused-ring (bicyclic) bond motifs is 7. The third-order valence-corrected chi connectivity index (χ3v) is 10.4. The Morgan fingerprint density at radius 3 is 2.43 bits per heavy atom. The van der Waals surface area contributed by atoms with Crippen LogP contribution in [0.25, 0.3) is 0 Å². The maximum absolute atomic E-state index is 13.0. The summed E-state index contributed by atoms with van der Waals surface area (Å²) in [6.07, 6.45) is 10.6. The molecule has 1 heterocycles. The van der Waals surface area contributed by atoms with Gasteiger partial charge in [-0.25, -0.2) is 0 Å². The molecule has 1 aromatic heterocycles. The molecule has 1 N–H and O–H groups in total. The van der Waals surface area contributed by atoms with E-state index in [9.17, 15) is 9.90 Å². The zero-order chi connectivity index (χ0) is 20.1. The standard InChI is InChI=1S/C25H36O3/c1-22(2)8-6-9-23(3)18(22)7-10-24(4)19(23)12-21(27)25(5)16-14-28-13-15(16)17(26)11-20(24)25/h13-14,18-21,27H,6-12H2,1-5H3. The highest BCUT2D eigenvalue weighted by molar-refractivity contribution is 5.99. The van der Waals surface area contributed by atoms with Crippen LogP contribution >= 0.6 is 0 Å². The number of aliphatic hydroxyl groups excluding tert-OH is 1. The summed E-state index contributed by atoms with van der Waals surface area (Å²) in [6, 6.07) is 0. The summed E-state index contributed by atoms with van der Waals surface area (Å²) in [5.74, 6) is 1.59. The molecule has 7 unspecified atom stereocenters. The van der Waals surface area contributed by atoms with Gasteiger partial charge in [0, 0.05) is 17.4 Å². The molecule has 0 aliphatic heterocycles. The van der Waals surface area contributed by atoms with Crippen molar-refractivity contribution in [2.45, 2.75) is 91.1 Å². The van der Waals surface area contributed by atoms with Gasteiger partial charge in [0.05, 0.1) is 17.9 Å². The van der Waals surface area contributed by atoms with Gasteiger partial charge in [0.15, 0.2) is 5.78 Å². The van der Waals surface area contributed by atoms with Crippen molar-refractivity contribution in [3.63, 3.8) is 0 Å². The summed E-state index contributed by atoms with van der Waals surface area (Å²) < 4.78 is 5.47. The quantitative estimate of drug-likeness (QED) is 0.619. The average molecular weight is 385 g/mol. The van der Waals surface area contributed by atoms with Gasteiger partial charge in [-0.1, -0.05) is 41.0 Å². The molecular formula is C25H36O3. The van der Waals surface area contributed by atoms with Gasteiger partial charge < -0.3 is 9.52 Å². The largest absolute Gasteiger partial charge is 0.472 e. The molecule has 3 heteroatoms. The fourth-order valence-electron chi connectivity index (χ4n) is 9.07. The molecule has 0 saturated heterocycles. The second kappa shape index (κ2) is 5.53. The van der Waals surface area contributed by atoms with Crippen LogP contribution in [0.3, 0.4) is 0 Å². The van der Waals surface area contributed by atoms with E-state index in [4.69, 9.17) is 4.42 Å². The van der Waals surface area contributed by atoms with Crippen molar-refractivity contribution < 1.29 is 14.3 Å². The van der Waals surface area contributed by atoms with Gasteiger partial charge in [-0.3, -0.25) is 4.79 Å². The van der Waals surface area contributed by atoms with E-state index in [0.29, 0.717) is 29.2 Å². The number of hydrogen-bond donors (Lipinski definition) is 1. The van der Waals surface area contributed by atoms with E-state index >= 15 is 0 Å². The Kier molecular flexibility index (Phi) is 3.74. The van der Waals surface area contributed by atoms with E-state index < -0.39 is 6.10 Å². The van der Waals surface area contributed by atoms with E-state index in [1.807, 2.05) is 0 Å². The van der Waals surface area contributed by atoms with Gasteiger partial charge in [-0.15, -0.1) is 0 Å². The lowest BCUT2D eigenvalue weighted by Gasteiger charge is -2.69. The van der Waals surface area contributed by atoms with Crippen molar-refractivity contribution in [1.29, 1.82) is 0 Å². The molecule has 7 atom stereocenters. The molecule has 3 saturated carbocycles. The molecular weight excluding hydrogens is 348 g/mol. The first-order chi connectivity index (χ1) is 13.0. The van der Waals surface area contributed by atoms with Gasteiger partial charge in [-0.2, -0.15) is 0 Å². The monoisotopic (exact) mass is 384 g/mol. The normalized spacial score (nSPS) is 49.6. The molecule has 5 rings (SSSR count). The van der Waals surface area contributed by atoms with E-state index in [1.54, 1.807) is 12.5 Å². The number of aliphatic hydroxyl groups is 1. The highest BCUT2D eigenvalue weighted by Crippen LogP contribution is 2.72. The lowest BCUT2D eigenvalue weighted by atomic mass is 9.35. The summed E-state index contributed by atoms with van der Waals surface area (Å²) in [5, 5.41) is 11.6. The first kappa shape index (κ1) is 18.9. The van der Waals surface area contributed by atoms with E-state index in [2.05, 4.69) is 34.6 Å². The molecule has 0 bridgehead atoms. The van der Waals surface area contributed by atoms with Gasteiger partial charge in [0.2, 0.25) is 0 Å². The third kappa shape index (κ3) is 2.07. The van der Waals surface area contributed by atoms with E-state index in [1.165, 1.54) is 32.1 Å². The maximum Gasteiger partial charge on any atom is 0.166 e. The molecule has 154 valence electrons. The summed E-state index contributed by atoms with van der Waals surface area (Å²) in [7, 11) is 0. The van der Waals surface area contributed by atoms with Crippen LogP contribution in [0.15, 0.2) is 16.9 Å². The zero-order valence-electron chi connectivity index (χ0n) is 18.2. The molecule has 4 aliphatic carbocycles. The number of carbonyl (C=O) groups is 1. The molecule has 0 aromatic carbocycles. The van der Waals surface area contributed by atoms with Crippen molar-refractivity contribution in [1.82, 2.24) is 0 Å². The average Bonchev–Trinajstić information content (AvgIpc) is 3.10. The number of carbonyl (C=O) groups excluding carboxylic acids is 1. The van der Waals surface area contributed by atoms with Crippen LogP contribution in [0, 0.1) is 34.0 Å². The highest BCUT2D eigenvalue weighted by Gasteiger charge is 2.68. The van der Waals surface area contributed by atoms with Crippen molar-refractivity contribution in [3.8, 4) is 0 Å². The van der Waals surface area contributed by atoms with Crippen molar-refractivity contribution in [2.75, 3.05) is 0 Å². The zero-order valence-corrected chi connectivity index (χ0v) is 18.2. The summed E-state index contributed by atoms with van der Waals surface area (Å²) in [5.41, 5.74) is 2.01. The van der Waals surface area contributed by atoms with Crippen LogP contribution < -0.4 is 0 Å². The molecule has 1 aromatic rings. The molecule has 28 heavy (non-hydrogen) atoms. The summed E-state index contributed by atoms with van der Waals surface area (Å²) in [4.78, 5) is 13.0. The predicted octanol–water partition coefficient (Wildman–Crippen LogP) is 5.75. The molecule has 3 fully saturated rings. The molecule has 0 radical (unpaired) electrons. The van der Waals surface area contributed by atoms with E-state index in [-0.39, 0.29) is 27.9 Å². The minimum Gasteiger partial charge on any atom is -0.472 e. The Balaban J connectivity index is 1.64.